The summed E-state index contributed by atoms with van der Waals surface area (Å²) >= 11 is 11.7. The SMILES string of the molecule is CCCCn1c(-c2ccc(Cl)cc2)nn(CCC(=O)NCCCn2cc(C)cn2)c1=S. The first-order chi connectivity index (χ1) is 15.0. The number of amides is 1. The molecule has 3 rings (SSSR count). The van der Waals surface area contributed by atoms with Crippen molar-refractivity contribution in [1.29, 1.82) is 0 Å². The zero-order valence-electron chi connectivity index (χ0n) is 18.1. The fourth-order valence-electron chi connectivity index (χ4n) is 3.27. The highest BCUT2D eigenvalue weighted by Crippen LogP contribution is 2.21. The monoisotopic (exact) mass is 460 g/mol. The van der Waals surface area contributed by atoms with Crippen molar-refractivity contribution in [3.8, 4) is 11.4 Å². The van der Waals surface area contributed by atoms with E-state index in [0.717, 1.165) is 49.3 Å². The molecule has 0 bridgehead atoms. The minimum absolute atomic E-state index is 0.00491. The van der Waals surface area contributed by atoms with Gasteiger partial charge in [-0.25, -0.2) is 4.68 Å². The molecule has 0 aliphatic rings. The fraction of sp³-hybridized carbons (Fsp3) is 0.455. The van der Waals surface area contributed by atoms with Gasteiger partial charge in [0.2, 0.25) is 5.91 Å². The molecule has 1 amide bonds. The van der Waals surface area contributed by atoms with Gasteiger partial charge in [-0.3, -0.25) is 14.0 Å². The van der Waals surface area contributed by atoms with Crippen LogP contribution in [-0.4, -0.2) is 36.6 Å². The van der Waals surface area contributed by atoms with E-state index in [4.69, 9.17) is 28.9 Å². The van der Waals surface area contributed by atoms with Crippen LogP contribution in [0.15, 0.2) is 36.7 Å². The zero-order chi connectivity index (χ0) is 22.2. The molecule has 7 nitrogen and oxygen atoms in total. The first-order valence-electron chi connectivity index (χ1n) is 10.7. The Bertz CT molecular complexity index is 1050. The quantitative estimate of drug-likeness (QED) is 0.334. The number of aromatic nitrogens is 5. The number of carbonyl (C=O) groups excluding carboxylic acids is 1. The third-order valence-electron chi connectivity index (χ3n) is 4.96. The molecular formula is C22H29ClN6OS. The van der Waals surface area contributed by atoms with Crippen LogP contribution in [-0.2, 0) is 24.4 Å². The van der Waals surface area contributed by atoms with Crippen LogP contribution in [0.2, 0.25) is 5.02 Å². The Balaban J connectivity index is 1.58. The molecule has 0 saturated carbocycles. The number of benzene rings is 1. The van der Waals surface area contributed by atoms with Crippen LogP contribution < -0.4 is 5.32 Å². The third-order valence-corrected chi connectivity index (χ3v) is 5.64. The van der Waals surface area contributed by atoms with Crippen molar-refractivity contribution in [1.82, 2.24) is 29.4 Å². The van der Waals surface area contributed by atoms with E-state index >= 15 is 0 Å². The maximum absolute atomic E-state index is 12.3. The zero-order valence-corrected chi connectivity index (χ0v) is 19.6. The van der Waals surface area contributed by atoms with Crippen LogP contribution in [0.25, 0.3) is 11.4 Å². The molecule has 0 fully saturated rings. The van der Waals surface area contributed by atoms with E-state index in [9.17, 15) is 4.79 Å². The highest BCUT2D eigenvalue weighted by Gasteiger charge is 2.13. The Hall–Kier alpha value is -2.45. The normalized spacial score (nSPS) is 11.1. The van der Waals surface area contributed by atoms with Crippen molar-refractivity contribution in [2.45, 2.75) is 59.2 Å². The van der Waals surface area contributed by atoms with Crippen molar-refractivity contribution in [2.75, 3.05) is 6.54 Å². The summed E-state index contributed by atoms with van der Waals surface area (Å²) in [5.41, 5.74) is 2.10. The molecule has 1 aromatic carbocycles. The van der Waals surface area contributed by atoms with E-state index in [1.54, 1.807) is 4.68 Å². The smallest absolute Gasteiger partial charge is 0.221 e. The van der Waals surface area contributed by atoms with Gasteiger partial charge in [-0.15, -0.1) is 0 Å². The van der Waals surface area contributed by atoms with Crippen molar-refractivity contribution in [3.63, 3.8) is 0 Å². The van der Waals surface area contributed by atoms with Crippen molar-refractivity contribution in [2.24, 2.45) is 0 Å². The molecule has 0 unspecified atom stereocenters. The molecule has 166 valence electrons. The van der Waals surface area contributed by atoms with Gasteiger partial charge in [-0.2, -0.15) is 10.2 Å². The van der Waals surface area contributed by atoms with E-state index in [-0.39, 0.29) is 5.91 Å². The molecule has 2 heterocycles. The summed E-state index contributed by atoms with van der Waals surface area (Å²) in [6.07, 6.45) is 7.07. The molecule has 0 saturated heterocycles. The molecular weight excluding hydrogens is 432 g/mol. The first-order valence-corrected chi connectivity index (χ1v) is 11.5. The number of rotatable bonds is 11. The van der Waals surface area contributed by atoms with Crippen LogP contribution >= 0.6 is 23.8 Å². The Labute approximate surface area is 193 Å². The Morgan fingerprint density at radius 3 is 2.61 bits per heavy atom. The molecule has 2 aromatic heterocycles. The van der Waals surface area contributed by atoms with Crippen molar-refractivity contribution >= 4 is 29.7 Å². The van der Waals surface area contributed by atoms with E-state index in [0.29, 0.717) is 29.3 Å². The van der Waals surface area contributed by atoms with Gasteiger partial charge < -0.3 is 5.32 Å². The first kappa shape index (κ1) is 23.2. The number of nitrogens with zero attached hydrogens (tertiary/aromatic N) is 5. The van der Waals surface area contributed by atoms with E-state index in [1.807, 2.05) is 52.8 Å². The van der Waals surface area contributed by atoms with Gasteiger partial charge in [-0.05, 0) is 61.8 Å². The lowest BCUT2D eigenvalue weighted by atomic mass is 10.2. The van der Waals surface area contributed by atoms with E-state index in [1.165, 1.54) is 0 Å². The van der Waals surface area contributed by atoms with Gasteiger partial charge in [0.1, 0.15) is 0 Å². The van der Waals surface area contributed by atoms with Crippen LogP contribution in [0.1, 0.15) is 38.2 Å². The summed E-state index contributed by atoms with van der Waals surface area (Å²) < 4.78 is 6.33. The van der Waals surface area contributed by atoms with Gasteiger partial charge in [0, 0.05) is 42.8 Å². The van der Waals surface area contributed by atoms with Crippen LogP contribution in [0.5, 0.6) is 0 Å². The molecule has 1 N–H and O–H groups in total. The summed E-state index contributed by atoms with van der Waals surface area (Å²) in [7, 11) is 0. The highest BCUT2D eigenvalue weighted by molar-refractivity contribution is 7.71. The molecule has 0 spiro atoms. The lowest BCUT2D eigenvalue weighted by molar-refractivity contribution is -0.121. The van der Waals surface area contributed by atoms with Gasteiger partial charge >= 0.3 is 0 Å². The molecule has 31 heavy (non-hydrogen) atoms. The summed E-state index contributed by atoms with van der Waals surface area (Å²) in [6.45, 7) is 6.80. The Morgan fingerprint density at radius 2 is 1.94 bits per heavy atom. The van der Waals surface area contributed by atoms with Gasteiger partial charge in [-0.1, -0.05) is 24.9 Å². The summed E-state index contributed by atoms with van der Waals surface area (Å²) in [4.78, 5) is 12.3. The minimum Gasteiger partial charge on any atom is -0.356 e. The average Bonchev–Trinajstić information content (AvgIpc) is 3.31. The van der Waals surface area contributed by atoms with Gasteiger partial charge in [0.15, 0.2) is 10.6 Å². The number of halogens is 1. The van der Waals surface area contributed by atoms with Crippen LogP contribution in [0.4, 0.5) is 0 Å². The van der Waals surface area contributed by atoms with Crippen molar-refractivity contribution < 1.29 is 4.79 Å². The minimum atomic E-state index is -0.00491. The fourth-order valence-corrected chi connectivity index (χ4v) is 3.71. The summed E-state index contributed by atoms with van der Waals surface area (Å²) in [5.74, 6) is 0.805. The predicted molar refractivity (Wildman–Crippen MR) is 126 cm³/mol. The number of carbonyl (C=O) groups is 1. The maximum atomic E-state index is 12.3. The molecule has 0 atom stereocenters. The molecule has 0 aliphatic carbocycles. The van der Waals surface area contributed by atoms with Crippen molar-refractivity contribution in [3.05, 3.63) is 52.0 Å². The second kappa shape index (κ2) is 11.2. The average molecular weight is 461 g/mol. The van der Waals surface area contributed by atoms with Gasteiger partial charge in [0.25, 0.3) is 0 Å². The predicted octanol–water partition coefficient (Wildman–Crippen LogP) is 4.64. The molecule has 0 radical (unpaired) electrons. The standard InChI is InChI=1S/C22H29ClN6OS/c1-3-4-13-28-21(18-6-8-19(23)9-7-18)26-29(22(28)31)14-10-20(30)24-11-5-12-27-16-17(2)15-25-27/h6-9,15-16H,3-5,10-14H2,1-2H3,(H,24,30). The van der Waals surface area contributed by atoms with E-state index < -0.39 is 0 Å². The third kappa shape index (κ3) is 6.51. The highest BCUT2D eigenvalue weighted by atomic mass is 35.5. The maximum Gasteiger partial charge on any atom is 0.221 e. The Kier molecular flexibility index (Phi) is 8.43. The number of hydrogen-bond donors (Lipinski definition) is 1. The molecule has 0 aliphatic heterocycles. The van der Waals surface area contributed by atoms with Crippen LogP contribution in [0.3, 0.4) is 0 Å². The second-order valence-electron chi connectivity index (χ2n) is 7.58. The number of nitrogens with one attached hydrogen (secondary N) is 1. The molecule has 3 aromatic rings. The second-order valence-corrected chi connectivity index (χ2v) is 8.38. The number of hydrogen-bond acceptors (Lipinski definition) is 4. The lowest BCUT2D eigenvalue weighted by Crippen LogP contribution is -2.26. The molecule has 9 heteroatoms. The lowest BCUT2D eigenvalue weighted by Gasteiger charge is -2.06. The number of aryl methyl sites for hydroxylation is 3. The Morgan fingerprint density at radius 1 is 1.16 bits per heavy atom. The summed E-state index contributed by atoms with van der Waals surface area (Å²) in [5, 5.41) is 12.6. The van der Waals surface area contributed by atoms with Crippen LogP contribution in [0, 0.1) is 11.7 Å². The van der Waals surface area contributed by atoms with Gasteiger partial charge in [0.05, 0.1) is 12.7 Å². The topological polar surface area (TPSA) is 69.7 Å². The van der Waals surface area contributed by atoms with E-state index in [2.05, 4.69) is 17.3 Å². The largest absolute Gasteiger partial charge is 0.356 e. The number of unbranched alkanes of at least 4 members (excludes halogenated alkanes) is 1. The summed E-state index contributed by atoms with van der Waals surface area (Å²) in [6, 6.07) is 7.59.